The monoisotopic (exact) mass is 445 g/mol. The molecule has 9 nitrogen and oxygen atoms in total. The summed E-state index contributed by atoms with van der Waals surface area (Å²) in [4.78, 5) is 25.0. The summed E-state index contributed by atoms with van der Waals surface area (Å²) >= 11 is 0. The number of ether oxygens (including phenoxy) is 1. The van der Waals surface area contributed by atoms with Crippen LogP contribution in [0.25, 0.3) is 0 Å². The summed E-state index contributed by atoms with van der Waals surface area (Å²) in [5.41, 5.74) is 1.23. The van der Waals surface area contributed by atoms with Crippen molar-refractivity contribution in [2.45, 2.75) is 30.6 Å². The van der Waals surface area contributed by atoms with E-state index in [-0.39, 0.29) is 28.8 Å². The van der Waals surface area contributed by atoms with Gasteiger partial charge in [0.25, 0.3) is 5.91 Å². The number of hydrogen-bond donors (Lipinski definition) is 0. The average molecular weight is 445 g/mol. The Morgan fingerprint density at radius 1 is 1.06 bits per heavy atom. The fourth-order valence-electron chi connectivity index (χ4n) is 4.00. The Labute approximate surface area is 180 Å². The van der Waals surface area contributed by atoms with Crippen LogP contribution in [-0.2, 0) is 21.2 Å². The number of nitrogens with zero attached hydrogens (tertiary/aromatic N) is 3. The van der Waals surface area contributed by atoms with Crippen molar-refractivity contribution in [1.29, 1.82) is 0 Å². The van der Waals surface area contributed by atoms with Gasteiger partial charge in [-0.25, -0.2) is 8.42 Å². The Morgan fingerprint density at radius 3 is 2.55 bits per heavy atom. The van der Waals surface area contributed by atoms with Crippen molar-refractivity contribution in [3.63, 3.8) is 0 Å². The van der Waals surface area contributed by atoms with E-state index in [1.54, 1.807) is 18.2 Å². The van der Waals surface area contributed by atoms with E-state index in [0.29, 0.717) is 31.7 Å². The normalized spacial score (nSPS) is 16.7. The van der Waals surface area contributed by atoms with Gasteiger partial charge in [0, 0.05) is 31.4 Å². The van der Waals surface area contributed by atoms with Crippen LogP contribution in [0.5, 0.6) is 5.75 Å². The van der Waals surface area contributed by atoms with Crippen LogP contribution < -0.4 is 9.64 Å². The molecule has 0 atom stereocenters. The lowest BCUT2D eigenvalue weighted by Crippen LogP contribution is -2.35. The third-order valence-corrected chi connectivity index (χ3v) is 7.51. The molecule has 1 fully saturated rings. The van der Waals surface area contributed by atoms with Gasteiger partial charge in [-0.2, -0.15) is 4.31 Å². The number of sulfonamides is 1. The maximum absolute atomic E-state index is 12.9. The Hall–Kier alpha value is -2.98. The molecule has 2 aromatic rings. The standard InChI is InChI=1S/C21H23N3O6S/c25-21(15-30-20-7-3-2-6-19(20)24(26)27)23-13-10-16-14-17(8-9-18(16)23)31(28,29)22-11-4-1-5-12-22/h2-3,6-9,14H,1,4-5,10-13,15H2. The number of fused-ring (bicyclic) bond motifs is 1. The van der Waals surface area contributed by atoms with Crippen molar-refractivity contribution in [2.75, 3.05) is 31.1 Å². The van der Waals surface area contributed by atoms with Gasteiger partial charge in [0.2, 0.25) is 10.0 Å². The van der Waals surface area contributed by atoms with Gasteiger partial charge in [0.15, 0.2) is 12.4 Å². The van der Waals surface area contributed by atoms with Gasteiger partial charge in [-0.15, -0.1) is 0 Å². The van der Waals surface area contributed by atoms with Gasteiger partial charge in [-0.1, -0.05) is 18.6 Å². The van der Waals surface area contributed by atoms with Crippen molar-refractivity contribution >= 4 is 27.3 Å². The Kier molecular flexibility index (Phi) is 5.92. The van der Waals surface area contributed by atoms with Crippen molar-refractivity contribution in [2.24, 2.45) is 0 Å². The molecule has 2 aromatic carbocycles. The number of nitro groups is 1. The molecule has 0 spiro atoms. The third-order valence-electron chi connectivity index (χ3n) is 5.61. The van der Waals surface area contributed by atoms with Crippen LogP contribution in [0.3, 0.4) is 0 Å². The quantitative estimate of drug-likeness (QED) is 0.499. The van der Waals surface area contributed by atoms with Crippen LogP contribution in [0.15, 0.2) is 47.4 Å². The number of carbonyl (C=O) groups is 1. The summed E-state index contributed by atoms with van der Waals surface area (Å²) in [7, 11) is -3.54. The highest BCUT2D eigenvalue weighted by atomic mass is 32.2. The van der Waals surface area contributed by atoms with Crippen molar-refractivity contribution < 1.29 is 22.9 Å². The molecule has 4 rings (SSSR count). The molecular formula is C21H23N3O6S. The predicted molar refractivity (Wildman–Crippen MR) is 114 cm³/mol. The maximum Gasteiger partial charge on any atom is 0.310 e. The first-order chi connectivity index (χ1) is 14.9. The number of hydrogen-bond acceptors (Lipinski definition) is 6. The van der Waals surface area contributed by atoms with Crippen molar-refractivity contribution in [3.05, 3.63) is 58.1 Å². The number of piperidine rings is 1. The number of nitro benzene ring substituents is 1. The summed E-state index contributed by atoms with van der Waals surface area (Å²) in [5, 5.41) is 11.1. The Bertz CT molecular complexity index is 1110. The zero-order chi connectivity index (χ0) is 22.0. The van der Waals surface area contributed by atoms with Crippen molar-refractivity contribution in [1.82, 2.24) is 4.31 Å². The fraction of sp³-hybridized carbons (Fsp3) is 0.381. The minimum absolute atomic E-state index is 0.0308. The second kappa shape index (κ2) is 8.64. The van der Waals surface area contributed by atoms with E-state index >= 15 is 0 Å². The third kappa shape index (κ3) is 4.26. The van der Waals surface area contributed by atoms with Crippen LogP contribution in [-0.4, -0.2) is 49.8 Å². The number of amides is 1. The van der Waals surface area contributed by atoms with Gasteiger partial charge >= 0.3 is 5.69 Å². The van der Waals surface area contributed by atoms with E-state index in [1.807, 2.05) is 0 Å². The summed E-state index contributed by atoms with van der Waals surface area (Å²) in [6.45, 7) is 1.12. The molecule has 164 valence electrons. The SMILES string of the molecule is O=C(COc1ccccc1[N+](=O)[O-])N1CCc2cc(S(=O)(=O)N3CCCCC3)ccc21. The summed E-state index contributed by atoms with van der Waals surface area (Å²) in [6.07, 6.45) is 3.31. The molecular weight excluding hydrogens is 422 g/mol. The fourth-order valence-corrected chi connectivity index (χ4v) is 5.57. The number of rotatable bonds is 6. The lowest BCUT2D eigenvalue weighted by atomic mass is 10.2. The molecule has 0 aromatic heterocycles. The maximum atomic E-state index is 12.9. The summed E-state index contributed by atoms with van der Waals surface area (Å²) in [6, 6.07) is 10.7. The molecule has 0 aliphatic carbocycles. The number of para-hydroxylation sites is 2. The van der Waals surface area contributed by atoms with Crippen LogP contribution in [0.4, 0.5) is 11.4 Å². The Morgan fingerprint density at radius 2 is 1.81 bits per heavy atom. The zero-order valence-corrected chi connectivity index (χ0v) is 17.7. The molecule has 2 aliphatic rings. The molecule has 0 saturated carbocycles. The minimum Gasteiger partial charge on any atom is -0.477 e. The van der Waals surface area contributed by atoms with Crippen molar-refractivity contribution in [3.8, 4) is 5.75 Å². The van der Waals surface area contributed by atoms with Crippen LogP contribution in [0.2, 0.25) is 0 Å². The summed E-state index contributed by atoms with van der Waals surface area (Å²) in [5.74, 6) is -0.313. The van der Waals surface area contributed by atoms with Crippen LogP contribution in [0, 0.1) is 10.1 Å². The van der Waals surface area contributed by atoms with E-state index in [4.69, 9.17) is 4.74 Å². The predicted octanol–water partition coefficient (Wildman–Crippen LogP) is 2.74. The molecule has 0 unspecified atom stereocenters. The van der Waals surface area contributed by atoms with Crippen LogP contribution in [0.1, 0.15) is 24.8 Å². The molecule has 1 amide bonds. The second-order valence-electron chi connectivity index (χ2n) is 7.56. The van der Waals surface area contributed by atoms with E-state index in [9.17, 15) is 23.3 Å². The van der Waals surface area contributed by atoms with E-state index < -0.39 is 14.9 Å². The zero-order valence-electron chi connectivity index (χ0n) is 16.9. The molecule has 2 heterocycles. The lowest BCUT2D eigenvalue weighted by Gasteiger charge is -2.26. The largest absolute Gasteiger partial charge is 0.477 e. The van der Waals surface area contributed by atoms with E-state index in [2.05, 4.69) is 0 Å². The highest BCUT2D eigenvalue weighted by Gasteiger charge is 2.30. The first kappa shape index (κ1) is 21.3. The van der Waals surface area contributed by atoms with Gasteiger partial charge in [0.05, 0.1) is 9.82 Å². The molecule has 2 aliphatic heterocycles. The van der Waals surface area contributed by atoms with Gasteiger partial charge in [0.1, 0.15) is 0 Å². The smallest absolute Gasteiger partial charge is 0.310 e. The first-order valence-corrected chi connectivity index (χ1v) is 11.6. The molecule has 0 bridgehead atoms. The molecule has 31 heavy (non-hydrogen) atoms. The van der Waals surface area contributed by atoms with E-state index in [1.165, 1.54) is 33.5 Å². The number of carbonyl (C=O) groups excluding carboxylic acids is 1. The molecule has 0 N–H and O–H groups in total. The lowest BCUT2D eigenvalue weighted by molar-refractivity contribution is -0.385. The van der Waals surface area contributed by atoms with E-state index in [0.717, 1.165) is 24.8 Å². The number of benzene rings is 2. The molecule has 10 heteroatoms. The number of anilines is 1. The second-order valence-corrected chi connectivity index (χ2v) is 9.50. The van der Waals surface area contributed by atoms with Gasteiger partial charge in [-0.3, -0.25) is 14.9 Å². The molecule has 1 saturated heterocycles. The average Bonchev–Trinajstić information content (AvgIpc) is 3.21. The highest BCUT2D eigenvalue weighted by Crippen LogP contribution is 2.32. The molecule has 0 radical (unpaired) electrons. The minimum atomic E-state index is -3.54. The highest BCUT2D eigenvalue weighted by molar-refractivity contribution is 7.89. The topological polar surface area (TPSA) is 110 Å². The summed E-state index contributed by atoms with van der Waals surface area (Å²) < 4.78 is 32.8. The van der Waals surface area contributed by atoms with Crippen LogP contribution >= 0.6 is 0 Å². The van der Waals surface area contributed by atoms with Gasteiger partial charge in [-0.05, 0) is 49.1 Å². The Balaban J connectivity index is 1.48. The van der Waals surface area contributed by atoms with Gasteiger partial charge < -0.3 is 9.64 Å². The first-order valence-electron chi connectivity index (χ1n) is 10.2.